The van der Waals surface area contributed by atoms with Crippen molar-refractivity contribution in [1.29, 1.82) is 0 Å². The fourth-order valence-electron chi connectivity index (χ4n) is 3.35. The Morgan fingerprint density at radius 3 is 3.00 bits per heavy atom. The molecule has 3 rings (SSSR count). The van der Waals surface area contributed by atoms with Crippen LogP contribution in [0.25, 0.3) is 0 Å². The van der Waals surface area contributed by atoms with E-state index in [9.17, 15) is 4.79 Å². The highest BCUT2D eigenvalue weighted by atomic mass is 32.1. The molecule has 0 N–H and O–H groups in total. The first kappa shape index (κ1) is 17.1. The minimum Gasteiger partial charge on any atom is -0.340 e. The van der Waals surface area contributed by atoms with Gasteiger partial charge in [-0.3, -0.25) is 4.79 Å². The van der Waals surface area contributed by atoms with Crippen LogP contribution in [-0.4, -0.2) is 38.4 Å². The zero-order chi connectivity index (χ0) is 17.1. The number of likely N-dealkylation sites (tertiary alicyclic amines) is 1. The molecule has 0 aliphatic carbocycles. The Kier molecular flexibility index (Phi) is 5.33. The van der Waals surface area contributed by atoms with E-state index in [1.807, 2.05) is 16.5 Å². The lowest BCUT2D eigenvalue weighted by Gasteiger charge is -2.34. The van der Waals surface area contributed by atoms with Gasteiger partial charge in [0.25, 0.3) is 0 Å². The number of aromatic nitrogens is 3. The van der Waals surface area contributed by atoms with Crippen LogP contribution in [-0.2, 0) is 17.6 Å². The van der Waals surface area contributed by atoms with Crippen LogP contribution in [0.1, 0.15) is 62.1 Å². The molecule has 0 radical (unpaired) electrons. The van der Waals surface area contributed by atoms with Gasteiger partial charge in [-0.05, 0) is 19.3 Å². The van der Waals surface area contributed by atoms with E-state index >= 15 is 0 Å². The standard InChI is InChI=1S/C18H26N4OS/c1-4-16-20-14(12-24-16)10-17(23)21-8-5-6-15(11-21)22-9-7-19-18(22)13(2)3/h7,9,12-13,15H,4-6,8,10-11H2,1-3H3/t15-/m0/s1. The van der Waals surface area contributed by atoms with E-state index in [4.69, 9.17) is 0 Å². The summed E-state index contributed by atoms with van der Waals surface area (Å²) in [5, 5.41) is 3.12. The van der Waals surface area contributed by atoms with Gasteiger partial charge in [0, 0.05) is 36.8 Å². The molecule has 5 nitrogen and oxygen atoms in total. The number of amides is 1. The number of rotatable bonds is 5. The second-order valence-electron chi connectivity index (χ2n) is 6.75. The number of imidazole rings is 1. The molecule has 0 saturated carbocycles. The fourth-order valence-corrected chi connectivity index (χ4v) is 4.09. The van der Waals surface area contributed by atoms with Gasteiger partial charge < -0.3 is 9.47 Å². The minimum atomic E-state index is 0.193. The first-order valence-corrected chi connectivity index (χ1v) is 9.70. The molecule has 1 amide bonds. The highest BCUT2D eigenvalue weighted by Crippen LogP contribution is 2.26. The Bertz CT molecular complexity index is 691. The fraction of sp³-hybridized carbons (Fsp3) is 0.611. The van der Waals surface area contributed by atoms with E-state index in [0.29, 0.717) is 18.4 Å². The third-order valence-corrected chi connectivity index (χ3v) is 5.63. The van der Waals surface area contributed by atoms with Gasteiger partial charge in [0.2, 0.25) is 5.91 Å². The van der Waals surface area contributed by atoms with Crippen molar-refractivity contribution >= 4 is 17.2 Å². The second-order valence-corrected chi connectivity index (χ2v) is 7.69. The van der Waals surface area contributed by atoms with Crippen molar-refractivity contribution in [2.24, 2.45) is 0 Å². The van der Waals surface area contributed by atoms with Crippen molar-refractivity contribution in [3.05, 3.63) is 34.3 Å². The first-order valence-electron chi connectivity index (χ1n) is 8.82. The van der Waals surface area contributed by atoms with Crippen molar-refractivity contribution in [2.45, 2.75) is 58.4 Å². The molecule has 0 spiro atoms. The third-order valence-electron chi connectivity index (χ3n) is 4.59. The molecule has 1 fully saturated rings. The van der Waals surface area contributed by atoms with E-state index in [1.54, 1.807) is 11.3 Å². The van der Waals surface area contributed by atoms with Gasteiger partial charge in [-0.15, -0.1) is 11.3 Å². The summed E-state index contributed by atoms with van der Waals surface area (Å²) in [6.07, 6.45) is 7.44. The van der Waals surface area contributed by atoms with Crippen LogP contribution in [0.15, 0.2) is 17.8 Å². The minimum absolute atomic E-state index is 0.193. The van der Waals surface area contributed by atoms with Crippen LogP contribution in [0, 0.1) is 0 Å². The average Bonchev–Trinajstić information content (AvgIpc) is 3.24. The largest absolute Gasteiger partial charge is 0.340 e. The summed E-state index contributed by atoms with van der Waals surface area (Å²) in [5.41, 5.74) is 0.912. The van der Waals surface area contributed by atoms with E-state index in [0.717, 1.165) is 48.9 Å². The molecule has 1 aliphatic rings. The Labute approximate surface area is 147 Å². The van der Waals surface area contributed by atoms with Crippen molar-refractivity contribution in [2.75, 3.05) is 13.1 Å². The molecule has 2 aromatic rings. The number of thiazole rings is 1. The molecule has 0 unspecified atom stereocenters. The maximum Gasteiger partial charge on any atom is 0.228 e. The number of hydrogen-bond donors (Lipinski definition) is 0. The van der Waals surface area contributed by atoms with Gasteiger partial charge in [0.15, 0.2) is 0 Å². The van der Waals surface area contributed by atoms with Crippen LogP contribution >= 0.6 is 11.3 Å². The van der Waals surface area contributed by atoms with Gasteiger partial charge >= 0.3 is 0 Å². The number of piperidine rings is 1. The van der Waals surface area contributed by atoms with E-state index in [2.05, 4.69) is 41.5 Å². The summed E-state index contributed by atoms with van der Waals surface area (Å²) in [5.74, 6) is 1.70. The Balaban J connectivity index is 1.66. The number of carbonyl (C=O) groups is 1. The Morgan fingerprint density at radius 1 is 1.46 bits per heavy atom. The normalized spacial score (nSPS) is 18.3. The third kappa shape index (κ3) is 3.69. The number of carbonyl (C=O) groups excluding carboxylic acids is 1. The SMILES string of the molecule is CCc1nc(CC(=O)N2CCC[C@H](n3ccnc3C(C)C)C2)cs1. The van der Waals surface area contributed by atoms with Gasteiger partial charge in [-0.25, -0.2) is 9.97 Å². The van der Waals surface area contributed by atoms with E-state index in [-0.39, 0.29) is 5.91 Å². The number of nitrogens with zero attached hydrogens (tertiary/aromatic N) is 4. The molecule has 1 aliphatic heterocycles. The lowest BCUT2D eigenvalue weighted by atomic mass is 10.0. The Hall–Kier alpha value is -1.69. The zero-order valence-corrected chi connectivity index (χ0v) is 15.6. The smallest absolute Gasteiger partial charge is 0.228 e. The van der Waals surface area contributed by atoms with E-state index in [1.165, 1.54) is 0 Å². The molecule has 24 heavy (non-hydrogen) atoms. The summed E-state index contributed by atoms with van der Waals surface area (Å²) >= 11 is 1.65. The Morgan fingerprint density at radius 2 is 2.29 bits per heavy atom. The predicted molar refractivity (Wildman–Crippen MR) is 96.4 cm³/mol. The second kappa shape index (κ2) is 7.47. The van der Waals surface area contributed by atoms with Crippen LogP contribution in [0.4, 0.5) is 0 Å². The number of aryl methyl sites for hydroxylation is 1. The van der Waals surface area contributed by atoms with Gasteiger partial charge in [0.05, 0.1) is 23.2 Å². The summed E-state index contributed by atoms with van der Waals surface area (Å²) in [4.78, 5) is 23.7. The van der Waals surface area contributed by atoms with Gasteiger partial charge in [-0.2, -0.15) is 0 Å². The monoisotopic (exact) mass is 346 g/mol. The summed E-state index contributed by atoms with van der Waals surface area (Å²) in [6, 6.07) is 0.337. The lowest BCUT2D eigenvalue weighted by molar-refractivity contribution is -0.132. The van der Waals surface area contributed by atoms with E-state index < -0.39 is 0 Å². The van der Waals surface area contributed by atoms with Gasteiger partial charge in [-0.1, -0.05) is 20.8 Å². The van der Waals surface area contributed by atoms with Gasteiger partial charge in [0.1, 0.15) is 5.82 Å². The van der Waals surface area contributed by atoms with Crippen LogP contribution in [0.2, 0.25) is 0 Å². The van der Waals surface area contributed by atoms with Crippen molar-refractivity contribution in [1.82, 2.24) is 19.4 Å². The topological polar surface area (TPSA) is 51.0 Å². The molecule has 3 heterocycles. The lowest BCUT2D eigenvalue weighted by Crippen LogP contribution is -2.41. The molecule has 6 heteroatoms. The zero-order valence-electron chi connectivity index (χ0n) is 14.7. The molecular weight excluding hydrogens is 320 g/mol. The molecule has 0 bridgehead atoms. The number of hydrogen-bond acceptors (Lipinski definition) is 4. The molecular formula is C18H26N4OS. The van der Waals surface area contributed by atoms with Crippen LogP contribution in [0.3, 0.4) is 0 Å². The predicted octanol–water partition coefficient (Wildman–Crippen LogP) is 3.43. The molecule has 1 saturated heterocycles. The maximum absolute atomic E-state index is 12.7. The molecule has 130 valence electrons. The average molecular weight is 347 g/mol. The highest BCUT2D eigenvalue weighted by Gasteiger charge is 2.26. The first-order chi connectivity index (χ1) is 11.6. The van der Waals surface area contributed by atoms with Crippen molar-refractivity contribution < 1.29 is 4.79 Å². The van der Waals surface area contributed by atoms with Crippen molar-refractivity contribution in [3.8, 4) is 0 Å². The summed E-state index contributed by atoms with van der Waals surface area (Å²) in [7, 11) is 0. The van der Waals surface area contributed by atoms with Crippen molar-refractivity contribution in [3.63, 3.8) is 0 Å². The molecule has 1 atom stereocenters. The molecule has 2 aromatic heterocycles. The summed E-state index contributed by atoms with van der Waals surface area (Å²) < 4.78 is 2.27. The maximum atomic E-state index is 12.7. The molecule has 0 aromatic carbocycles. The summed E-state index contributed by atoms with van der Waals surface area (Å²) in [6.45, 7) is 8.05. The van der Waals surface area contributed by atoms with Crippen LogP contribution < -0.4 is 0 Å². The highest BCUT2D eigenvalue weighted by molar-refractivity contribution is 7.09. The quantitative estimate of drug-likeness (QED) is 0.833. The van der Waals surface area contributed by atoms with Crippen LogP contribution in [0.5, 0.6) is 0 Å².